The van der Waals surface area contributed by atoms with Crippen molar-refractivity contribution in [3.05, 3.63) is 34.4 Å². The van der Waals surface area contributed by atoms with Crippen LogP contribution < -0.4 is 0 Å². The van der Waals surface area contributed by atoms with Crippen LogP contribution in [-0.4, -0.2) is 37.1 Å². The molecule has 0 spiro atoms. The number of Topliss-reactive ketones (excluding diaryl/α,β-unsaturated/α-hetero) is 2. The number of dihydropyridines is 2. The molecule has 2 heterocycles. The molecule has 0 radical (unpaired) electrons. The number of aliphatic imine (C=N–C) groups is 2. The van der Waals surface area contributed by atoms with E-state index >= 15 is 0 Å². The predicted molar refractivity (Wildman–Crippen MR) is 59.9 cm³/mol. The number of hydrogen-bond donors (Lipinski definition) is 0. The van der Waals surface area contributed by atoms with Crippen LogP contribution >= 0.6 is 0 Å². The standard InChI is InChI=1S/C12H8N2O2/c15-10-6-14-5-8-3-7-4-13-2-1-9(7)12(16)11(8)10/h1-3,5H,4,6H2. The number of nitrogens with zero attached hydrogens (tertiary/aromatic N) is 2. The van der Waals surface area contributed by atoms with Gasteiger partial charge in [-0.15, -0.1) is 0 Å². The second kappa shape index (κ2) is 3.20. The van der Waals surface area contributed by atoms with Crippen LogP contribution in [0.15, 0.2) is 44.4 Å². The van der Waals surface area contributed by atoms with E-state index < -0.39 is 0 Å². The van der Waals surface area contributed by atoms with Crippen LogP contribution in [0, 0.1) is 0 Å². The van der Waals surface area contributed by atoms with Gasteiger partial charge in [0.1, 0.15) is 6.54 Å². The first kappa shape index (κ1) is 9.15. The molecule has 78 valence electrons. The lowest BCUT2D eigenvalue weighted by atomic mass is 9.83. The summed E-state index contributed by atoms with van der Waals surface area (Å²) in [5.74, 6) is -0.379. The third kappa shape index (κ3) is 1.16. The van der Waals surface area contributed by atoms with E-state index in [1.165, 1.54) is 0 Å². The monoisotopic (exact) mass is 212 g/mol. The number of hydrogen-bond acceptors (Lipinski definition) is 4. The summed E-state index contributed by atoms with van der Waals surface area (Å²) in [6.45, 7) is 0.575. The highest BCUT2D eigenvalue weighted by molar-refractivity contribution is 6.33. The van der Waals surface area contributed by atoms with Crippen LogP contribution in [0.25, 0.3) is 0 Å². The van der Waals surface area contributed by atoms with Gasteiger partial charge in [-0.3, -0.25) is 19.6 Å². The molecule has 16 heavy (non-hydrogen) atoms. The summed E-state index contributed by atoms with van der Waals surface area (Å²) >= 11 is 0. The van der Waals surface area contributed by atoms with Crippen LogP contribution in [0.5, 0.6) is 0 Å². The maximum absolute atomic E-state index is 12.1. The minimum atomic E-state index is -0.193. The van der Waals surface area contributed by atoms with E-state index in [1.54, 1.807) is 18.5 Å². The molecule has 0 aromatic heterocycles. The lowest BCUT2D eigenvalue weighted by molar-refractivity contribution is -0.119. The summed E-state index contributed by atoms with van der Waals surface area (Å²) in [6.07, 6.45) is 6.70. The van der Waals surface area contributed by atoms with E-state index in [9.17, 15) is 9.59 Å². The van der Waals surface area contributed by atoms with Crippen molar-refractivity contribution < 1.29 is 9.59 Å². The average Bonchev–Trinajstić information content (AvgIpc) is 2.29. The Morgan fingerprint density at radius 1 is 1.12 bits per heavy atom. The van der Waals surface area contributed by atoms with E-state index in [-0.39, 0.29) is 23.7 Å². The molecular formula is C12H8N2O2. The molecule has 3 aliphatic rings. The third-order valence-corrected chi connectivity index (χ3v) is 2.79. The summed E-state index contributed by atoms with van der Waals surface area (Å²) in [6, 6.07) is 0. The maximum Gasteiger partial charge on any atom is 0.197 e. The number of rotatable bonds is 0. The predicted octanol–water partition coefficient (Wildman–Crippen LogP) is 0.456. The molecule has 0 fully saturated rings. The van der Waals surface area contributed by atoms with Crippen LogP contribution in [-0.2, 0) is 9.59 Å². The SMILES string of the molecule is O=C1CN=CC2=C1C(=O)C1=CC=NCC1=C2. The topological polar surface area (TPSA) is 58.9 Å². The van der Waals surface area contributed by atoms with Gasteiger partial charge < -0.3 is 0 Å². The number of carbonyl (C=O) groups excluding carboxylic acids is 2. The van der Waals surface area contributed by atoms with E-state index in [4.69, 9.17) is 0 Å². The van der Waals surface area contributed by atoms with Crippen molar-refractivity contribution >= 4 is 24.0 Å². The highest BCUT2D eigenvalue weighted by Crippen LogP contribution is 2.28. The normalized spacial score (nSPS) is 22.8. The highest BCUT2D eigenvalue weighted by atomic mass is 16.1. The van der Waals surface area contributed by atoms with Crippen molar-refractivity contribution in [2.24, 2.45) is 9.98 Å². The number of allylic oxidation sites excluding steroid dienone is 3. The highest BCUT2D eigenvalue weighted by Gasteiger charge is 2.31. The fraction of sp³-hybridized carbons (Fsp3) is 0.167. The lowest BCUT2D eigenvalue weighted by Gasteiger charge is -2.21. The summed E-state index contributed by atoms with van der Waals surface area (Å²) < 4.78 is 0. The number of carbonyl (C=O) groups is 2. The molecular weight excluding hydrogens is 204 g/mol. The largest absolute Gasteiger partial charge is 0.292 e. The van der Waals surface area contributed by atoms with Gasteiger partial charge >= 0.3 is 0 Å². The zero-order valence-electron chi connectivity index (χ0n) is 8.43. The van der Waals surface area contributed by atoms with Gasteiger partial charge in [-0.1, -0.05) is 0 Å². The van der Waals surface area contributed by atoms with Gasteiger partial charge in [-0.25, -0.2) is 0 Å². The van der Waals surface area contributed by atoms with Gasteiger partial charge in [0.25, 0.3) is 0 Å². The Hall–Kier alpha value is -2.10. The van der Waals surface area contributed by atoms with Crippen LogP contribution in [0.1, 0.15) is 0 Å². The Balaban J connectivity index is 2.20. The Labute approximate surface area is 91.8 Å². The second-order valence-electron chi connectivity index (χ2n) is 3.79. The molecule has 2 aliphatic heterocycles. The van der Waals surface area contributed by atoms with E-state index in [0.717, 1.165) is 5.57 Å². The number of fused-ring (bicyclic) bond motifs is 1. The third-order valence-electron chi connectivity index (χ3n) is 2.79. The number of ketones is 2. The Morgan fingerprint density at radius 3 is 2.88 bits per heavy atom. The molecule has 0 aromatic rings. The molecule has 3 rings (SSSR count). The quantitative estimate of drug-likeness (QED) is 0.547. The van der Waals surface area contributed by atoms with E-state index in [2.05, 4.69) is 9.98 Å². The van der Waals surface area contributed by atoms with Crippen molar-refractivity contribution in [2.75, 3.05) is 13.1 Å². The fourth-order valence-corrected chi connectivity index (χ4v) is 2.04. The van der Waals surface area contributed by atoms with Crippen molar-refractivity contribution in [2.45, 2.75) is 0 Å². The maximum atomic E-state index is 12.1. The van der Waals surface area contributed by atoms with Crippen molar-refractivity contribution in [1.29, 1.82) is 0 Å². The van der Waals surface area contributed by atoms with Gasteiger partial charge in [0, 0.05) is 23.6 Å². The molecule has 0 atom stereocenters. The molecule has 0 saturated carbocycles. The summed E-state index contributed by atoms with van der Waals surface area (Å²) in [4.78, 5) is 31.7. The van der Waals surface area contributed by atoms with Crippen molar-refractivity contribution in [3.63, 3.8) is 0 Å². The molecule has 0 amide bonds. The lowest BCUT2D eigenvalue weighted by Crippen LogP contribution is -2.27. The smallest absolute Gasteiger partial charge is 0.197 e. The van der Waals surface area contributed by atoms with Gasteiger partial charge in [0.15, 0.2) is 11.6 Å². The summed E-state index contributed by atoms with van der Waals surface area (Å²) in [5.41, 5.74) is 2.37. The minimum Gasteiger partial charge on any atom is -0.292 e. The molecule has 0 bridgehead atoms. The zero-order valence-corrected chi connectivity index (χ0v) is 8.43. The van der Waals surface area contributed by atoms with Crippen molar-refractivity contribution in [3.8, 4) is 0 Å². The van der Waals surface area contributed by atoms with Gasteiger partial charge in [0.2, 0.25) is 0 Å². The molecule has 0 N–H and O–H groups in total. The molecule has 4 heteroatoms. The van der Waals surface area contributed by atoms with Crippen LogP contribution in [0.3, 0.4) is 0 Å². The van der Waals surface area contributed by atoms with Gasteiger partial charge in [0.05, 0.1) is 12.1 Å². The summed E-state index contributed by atoms with van der Waals surface area (Å²) in [5, 5.41) is 0. The first-order valence-electron chi connectivity index (χ1n) is 5.00. The van der Waals surface area contributed by atoms with Gasteiger partial charge in [-0.05, 0) is 17.7 Å². The first-order valence-corrected chi connectivity index (χ1v) is 5.00. The average molecular weight is 212 g/mol. The van der Waals surface area contributed by atoms with Crippen LogP contribution in [0.2, 0.25) is 0 Å². The molecule has 0 saturated heterocycles. The van der Waals surface area contributed by atoms with Crippen LogP contribution in [0.4, 0.5) is 0 Å². The second-order valence-corrected chi connectivity index (χ2v) is 3.79. The van der Waals surface area contributed by atoms with Gasteiger partial charge in [-0.2, -0.15) is 0 Å². The van der Waals surface area contributed by atoms with E-state index in [0.29, 0.717) is 17.7 Å². The molecule has 1 aliphatic carbocycles. The minimum absolute atomic E-state index is 0.0785. The Morgan fingerprint density at radius 2 is 2.00 bits per heavy atom. The molecule has 0 unspecified atom stereocenters. The summed E-state index contributed by atoms with van der Waals surface area (Å²) in [7, 11) is 0. The van der Waals surface area contributed by atoms with Crippen molar-refractivity contribution in [1.82, 2.24) is 0 Å². The fourth-order valence-electron chi connectivity index (χ4n) is 2.04. The molecule has 0 aromatic carbocycles. The zero-order chi connectivity index (χ0) is 11.1. The Kier molecular flexibility index (Phi) is 1.83. The van der Waals surface area contributed by atoms with E-state index in [1.807, 2.05) is 6.08 Å². The molecule has 4 nitrogen and oxygen atoms in total. The Bertz CT molecular complexity index is 560. The first-order chi connectivity index (χ1) is 7.77.